The first-order valence-corrected chi connectivity index (χ1v) is 9.71. The summed E-state index contributed by atoms with van der Waals surface area (Å²) >= 11 is 0. The lowest BCUT2D eigenvalue weighted by molar-refractivity contribution is -0.0290. The Labute approximate surface area is 135 Å². The van der Waals surface area contributed by atoms with E-state index in [1.807, 2.05) is 6.20 Å². The van der Waals surface area contributed by atoms with Crippen molar-refractivity contribution in [2.24, 2.45) is 11.8 Å². The second-order valence-corrected chi connectivity index (χ2v) is 8.93. The fraction of sp³-hybridized carbons (Fsp3) is 0.800. The summed E-state index contributed by atoms with van der Waals surface area (Å²) in [5.74, 6) is -3.18. The van der Waals surface area contributed by atoms with Gasteiger partial charge < -0.3 is 4.57 Å². The number of hydrogen-bond acceptors (Lipinski definition) is 3. The van der Waals surface area contributed by atoms with Crippen molar-refractivity contribution >= 4 is 10.0 Å². The number of hydrogen-bond donors (Lipinski definition) is 0. The van der Waals surface area contributed by atoms with Crippen LogP contribution in [0.1, 0.15) is 31.5 Å². The summed E-state index contributed by atoms with van der Waals surface area (Å²) in [5.41, 5.74) is 0. The topological polar surface area (TPSA) is 55.2 Å². The Morgan fingerprint density at radius 2 is 2.22 bits per heavy atom. The summed E-state index contributed by atoms with van der Waals surface area (Å²) in [6, 6.07) is 0. The van der Waals surface area contributed by atoms with Crippen LogP contribution in [-0.4, -0.2) is 47.5 Å². The molecule has 3 rings (SSSR count). The Morgan fingerprint density at radius 3 is 2.91 bits per heavy atom. The van der Waals surface area contributed by atoms with Gasteiger partial charge in [-0.1, -0.05) is 0 Å². The predicted octanol–water partition coefficient (Wildman–Crippen LogP) is 2.14. The third-order valence-corrected chi connectivity index (χ3v) is 7.04. The van der Waals surface area contributed by atoms with Crippen molar-refractivity contribution in [3.8, 4) is 0 Å². The van der Waals surface area contributed by atoms with Crippen LogP contribution in [0.2, 0.25) is 0 Å². The van der Waals surface area contributed by atoms with Crippen molar-refractivity contribution in [3.05, 3.63) is 18.2 Å². The molecule has 1 aliphatic carbocycles. The number of sulfonamides is 1. The van der Waals surface area contributed by atoms with Crippen LogP contribution in [0, 0.1) is 11.8 Å². The van der Waals surface area contributed by atoms with Crippen LogP contribution in [0.3, 0.4) is 0 Å². The van der Waals surface area contributed by atoms with Gasteiger partial charge in [-0.3, -0.25) is 0 Å². The minimum Gasteiger partial charge on any atom is -0.335 e. The monoisotopic (exact) mass is 347 g/mol. The first-order valence-electron chi connectivity index (χ1n) is 8.10. The van der Waals surface area contributed by atoms with E-state index in [1.165, 1.54) is 11.4 Å². The zero-order valence-electron chi connectivity index (χ0n) is 13.3. The Morgan fingerprint density at radius 1 is 1.43 bits per heavy atom. The maximum Gasteiger partial charge on any atom is 0.251 e. The Balaban J connectivity index is 1.60. The molecular formula is C15H23F2N3O2S. The molecule has 1 fully saturated rings. The van der Waals surface area contributed by atoms with Crippen LogP contribution >= 0.6 is 0 Å². The van der Waals surface area contributed by atoms with E-state index >= 15 is 0 Å². The summed E-state index contributed by atoms with van der Waals surface area (Å²) in [7, 11) is -2.15. The highest BCUT2D eigenvalue weighted by molar-refractivity contribution is 7.89. The lowest BCUT2D eigenvalue weighted by atomic mass is 9.98. The second kappa shape index (κ2) is 6.12. The van der Waals surface area contributed by atoms with Gasteiger partial charge in [-0.25, -0.2) is 26.5 Å². The highest BCUT2D eigenvalue weighted by Crippen LogP contribution is 2.41. The van der Waals surface area contributed by atoms with Crippen LogP contribution in [0.4, 0.5) is 8.78 Å². The van der Waals surface area contributed by atoms with E-state index in [9.17, 15) is 17.2 Å². The number of imidazole rings is 1. The molecule has 0 aromatic carbocycles. The van der Waals surface area contributed by atoms with Gasteiger partial charge in [-0.15, -0.1) is 0 Å². The van der Waals surface area contributed by atoms with Crippen molar-refractivity contribution in [1.82, 2.24) is 13.9 Å². The Hall–Kier alpha value is -1.02. The number of nitrogens with zero attached hydrogens (tertiary/aromatic N) is 3. The maximum atomic E-state index is 13.7. The highest BCUT2D eigenvalue weighted by Gasteiger charge is 2.46. The summed E-state index contributed by atoms with van der Waals surface area (Å²) in [6.45, 7) is 1.20. The zero-order valence-corrected chi connectivity index (χ0v) is 14.1. The van der Waals surface area contributed by atoms with E-state index in [1.54, 1.807) is 6.20 Å². The van der Waals surface area contributed by atoms with Gasteiger partial charge in [0, 0.05) is 51.3 Å². The van der Waals surface area contributed by atoms with Gasteiger partial charge >= 0.3 is 0 Å². The van der Waals surface area contributed by atoms with Gasteiger partial charge in [0.05, 0.1) is 5.75 Å². The smallest absolute Gasteiger partial charge is 0.251 e. The molecule has 0 amide bonds. The number of halogens is 2. The molecule has 130 valence electrons. The van der Waals surface area contributed by atoms with Gasteiger partial charge in [-0.05, 0) is 25.2 Å². The van der Waals surface area contributed by atoms with Gasteiger partial charge in [0.15, 0.2) is 0 Å². The first kappa shape index (κ1) is 16.8. The summed E-state index contributed by atoms with van der Waals surface area (Å²) in [4.78, 5) is 4.27. The molecule has 2 atom stereocenters. The molecule has 0 radical (unpaired) electrons. The Bertz CT molecular complexity index is 659. The van der Waals surface area contributed by atoms with Gasteiger partial charge in [-0.2, -0.15) is 0 Å². The van der Waals surface area contributed by atoms with E-state index in [0.717, 1.165) is 25.2 Å². The number of alkyl halides is 2. The molecule has 2 unspecified atom stereocenters. The standard InChI is InChI=1S/C15H23F2N3O2S/c1-19(10-12-4-7-20-8-6-18-14(20)9-12)23(21,22)11-13-3-2-5-15(13,16)17/h6,8,12-13H,2-5,7,9-11H2,1H3. The molecule has 1 saturated carbocycles. The van der Waals surface area contributed by atoms with E-state index in [0.29, 0.717) is 19.4 Å². The summed E-state index contributed by atoms with van der Waals surface area (Å²) in [5, 5.41) is 0. The van der Waals surface area contributed by atoms with Crippen LogP contribution in [0.25, 0.3) is 0 Å². The third-order valence-electron chi connectivity index (χ3n) is 5.11. The third kappa shape index (κ3) is 3.57. The second-order valence-electron chi connectivity index (χ2n) is 6.80. The van der Waals surface area contributed by atoms with Gasteiger partial charge in [0.25, 0.3) is 5.92 Å². The van der Waals surface area contributed by atoms with Crippen molar-refractivity contribution in [3.63, 3.8) is 0 Å². The molecule has 2 heterocycles. The fourth-order valence-electron chi connectivity index (χ4n) is 3.63. The van der Waals surface area contributed by atoms with E-state index < -0.39 is 27.6 Å². The Kier molecular flexibility index (Phi) is 4.48. The minimum atomic E-state index is -3.65. The molecule has 23 heavy (non-hydrogen) atoms. The SMILES string of the molecule is CN(CC1CCn2ccnc2C1)S(=O)(=O)CC1CCCC1(F)F. The van der Waals surface area contributed by atoms with Gasteiger partial charge in [0.1, 0.15) is 5.82 Å². The quantitative estimate of drug-likeness (QED) is 0.820. The normalized spacial score (nSPS) is 27.3. The van der Waals surface area contributed by atoms with Crippen LogP contribution in [0.15, 0.2) is 12.4 Å². The predicted molar refractivity (Wildman–Crippen MR) is 82.7 cm³/mol. The largest absolute Gasteiger partial charge is 0.335 e. The maximum absolute atomic E-state index is 13.7. The number of fused-ring (bicyclic) bond motifs is 1. The molecule has 0 saturated heterocycles. The number of rotatable bonds is 5. The lowest BCUT2D eigenvalue weighted by Crippen LogP contribution is -2.39. The average molecular weight is 347 g/mol. The molecule has 1 aliphatic heterocycles. The van der Waals surface area contributed by atoms with Crippen LogP contribution in [0.5, 0.6) is 0 Å². The molecule has 0 bridgehead atoms. The number of aryl methyl sites for hydroxylation is 1. The first-order chi connectivity index (χ1) is 10.8. The summed E-state index contributed by atoms with van der Waals surface area (Å²) < 4.78 is 55.6. The van der Waals surface area contributed by atoms with Crippen molar-refractivity contribution in [2.75, 3.05) is 19.3 Å². The highest BCUT2D eigenvalue weighted by atomic mass is 32.2. The molecule has 1 aromatic heterocycles. The lowest BCUT2D eigenvalue weighted by Gasteiger charge is -2.28. The molecule has 0 N–H and O–H groups in total. The van der Waals surface area contributed by atoms with Crippen molar-refractivity contribution in [2.45, 2.75) is 44.6 Å². The van der Waals surface area contributed by atoms with E-state index in [4.69, 9.17) is 0 Å². The molecular weight excluding hydrogens is 324 g/mol. The average Bonchev–Trinajstić information content (AvgIpc) is 3.05. The molecule has 2 aliphatic rings. The van der Waals surface area contributed by atoms with Gasteiger partial charge in [0.2, 0.25) is 10.0 Å². The van der Waals surface area contributed by atoms with Crippen molar-refractivity contribution in [1.29, 1.82) is 0 Å². The molecule has 1 aromatic rings. The zero-order chi connectivity index (χ0) is 16.7. The molecule has 8 heteroatoms. The van der Waals surface area contributed by atoms with Crippen LogP contribution in [-0.2, 0) is 23.0 Å². The van der Waals surface area contributed by atoms with Crippen LogP contribution < -0.4 is 0 Å². The van der Waals surface area contributed by atoms with E-state index in [2.05, 4.69) is 9.55 Å². The fourth-order valence-corrected chi connectivity index (χ4v) is 5.25. The number of aromatic nitrogens is 2. The molecule has 0 spiro atoms. The van der Waals surface area contributed by atoms with Crippen molar-refractivity contribution < 1.29 is 17.2 Å². The minimum absolute atomic E-state index is 0.189. The van der Waals surface area contributed by atoms with E-state index in [-0.39, 0.29) is 12.3 Å². The summed E-state index contributed by atoms with van der Waals surface area (Å²) in [6.07, 6.45) is 5.79. The molecule has 5 nitrogen and oxygen atoms in total.